The van der Waals surface area contributed by atoms with Gasteiger partial charge in [-0.3, -0.25) is 9.69 Å². The predicted octanol–water partition coefficient (Wildman–Crippen LogP) is 0.703. The molecule has 0 aromatic heterocycles. The van der Waals surface area contributed by atoms with Crippen molar-refractivity contribution in [2.45, 2.75) is 32.6 Å². The number of carbonyl (C=O) groups excluding carboxylic acids is 1. The van der Waals surface area contributed by atoms with Crippen LogP contribution in [0, 0.1) is 0 Å². The average molecular weight is 228 g/mol. The second-order valence-corrected chi connectivity index (χ2v) is 4.44. The van der Waals surface area contributed by atoms with Crippen molar-refractivity contribution in [1.82, 2.24) is 9.80 Å². The van der Waals surface area contributed by atoms with Crippen molar-refractivity contribution in [3.05, 3.63) is 0 Å². The SMILES string of the molecule is CCCCN(CCO)CC(=O)N1CCCC1. The number of unbranched alkanes of at least 4 members (excludes halogenated alkanes) is 1. The minimum Gasteiger partial charge on any atom is -0.395 e. The quantitative estimate of drug-likeness (QED) is 0.697. The molecule has 0 unspecified atom stereocenters. The van der Waals surface area contributed by atoms with Crippen LogP contribution in [0.15, 0.2) is 0 Å². The summed E-state index contributed by atoms with van der Waals surface area (Å²) in [4.78, 5) is 15.9. The molecule has 1 aliphatic rings. The van der Waals surface area contributed by atoms with E-state index in [1.165, 1.54) is 0 Å². The number of rotatable bonds is 7. The van der Waals surface area contributed by atoms with Gasteiger partial charge in [-0.2, -0.15) is 0 Å². The maximum absolute atomic E-state index is 11.9. The molecular formula is C12H24N2O2. The number of aliphatic hydroxyl groups is 1. The van der Waals surface area contributed by atoms with E-state index in [2.05, 4.69) is 11.8 Å². The van der Waals surface area contributed by atoms with Crippen LogP contribution in [0.1, 0.15) is 32.6 Å². The smallest absolute Gasteiger partial charge is 0.236 e. The molecular weight excluding hydrogens is 204 g/mol. The summed E-state index contributed by atoms with van der Waals surface area (Å²) in [5, 5.41) is 8.95. The average Bonchev–Trinajstić information content (AvgIpc) is 2.79. The third-order valence-corrected chi connectivity index (χ3v) is 3.06. The monoisotopic (exact) mass is 228 g/mol. The maximum atomic E-state index is 11.9. The van der Waals surface area contributed by atoms with Crippen molar-refractivity contribution in [3.8, 4) is 0 Å². The van der Waals surface area contributed by atoms with Gasteiger partial charge in [-0.25, -0.2) is 0 Å². The van der Waals surface area contributed by atoms with Crippen LogP contribution in [0.4, 0.5) is 0 Å². The van der Waals surface area contributed by atoms with E-state index in [4.69, 9.17) is 5.11 Å². The highest BCUT2D eigenvalue weighted by atomic mass is 16.3. The van der Waals surface area contributed by atoms with E-state index in [1.54, 1.807) is 0 Å². The Labute approximate surface area is 98.2 Å². The lowest BCUT2D eigenvalue weighted by Gasteiger charge is -2.23. The zero-order valence-electron chi connectivity index (χ0n) is 10.3. The molecule has 1 fully saturated rings. The first-order chi connectivity index (χ1) is 7.77. The first kappa shape index (κ1) is 13.5. The van der Waals surface area contributed by atoms with Crippen molar-refractivity contribution in [2.24, 2.45) is 0 Å². The third kappa shape index (κ3) is 4.49. The molecule has 0 aliphatic carbocycles. The second-order valence-electron chi connectivity index (χ2n) is 4.44. The van der Waals surface area contributed by atoms with E-state index in [-0.39, 0.29) is 12.5 Å². The van der Waals surface area contributed by atoms with Crippen LogP contribution in [0.2, 0.25) is 0 Å². The number of carbonyl (C=O) groups is 1. The van der Waals surface area contributed by atoms with Crippen molar-refractivity contribution in [1.29, 1.82) is 0 Å². The Morgan fingerprint density at radius 3 is 2.56 bits per heavy atom. The van der Waals surface area contributed by atoms with Crippen molar-refractivity contribution in [2.75, 3.05) is 39.3 Å². The van der Waals surface area contributed by atoms with Crippen molar-refractivity contribution >= 4 is 5.91 Å². The summed E-state index contributed by atoms with van der Waals surface area (Å²) >= 11 is 0. The molecule has 0 radical (unpaired) electrons. The summed E-state index contributed by atoms with van der Waals surface area (Å²) in [6.45, 7) is 6.10. The highest BCUT2D eigenvalue weighted by molar-refractivity contribution is 5.78. The number of aliphatic hydroxyl groups excluding tert-OH is 1. The first-order valence-electron chi connectivity index (χ1n) is 6.39. The summed E-state index contributed by atoms with van der Waals surface area (Å²) < 4.78 is 0. The summed E-state index contributed by atoms with van der Waals surface area (Å²) in [5.41, 5.74) is 0. The van der Waals surface area contributed by atoms with Gasteiger partial charge in [0.15, 0.2) is 0 Å². The summed E-state index contributed by atoms with van der Waals surface area (Å²) in [5.74, 6) is 0.224. The molecule has 0 aromatic carbocycles. The van der Waals surface area contributed by atoms with Crippen LogP contribution in [0.25, 0.3) is 0 Å². The van der Waals surface area contributed by atoms with Crippen LogP contribution in [0.3, 0.4) is 0 Å². The zero-order chi connectivity index (χ0) is 11.8. The Morgan fingerprint density at radius 1 is 1.31 bits per heavy atom. The Hall–Kier alpha value is -0.610. The van der Waals surface area contributed by atoms with Crippen molar-refractivity contribution in [3.63, 3.8) is 0 Å². The van der Waals surface area contributed by atoms with Gasteiger partial charge in [0, 0.05) is 19.6 Å². The minimum absolute atomic E-state index is 0.136. The molecule has 1 heterocycles. The summed E-state index contributed by atoms with van der Waals surface area (Å²) in [6.07, 6.45) is 4.49. The van der Waals surface area contributed by atoms with Crippen LogP contribution in [0.5, 0.6) is 0 Å². The van der Waals surface area contributed by atoms with E-state index in [9.17, 15) is 4.79 Å². The van der Waals surface area contributed by atoms with Gasteiger partial charge in [0.05, 0.1) is 13.2 Å². The van der Waals surface area contributed by atoms with E-state index < -0.39 is 0 Å². The van der Waals surface area contributed by atoms with Crippen LogP contribution < -0.4 is 0 Å². The lowest BCUT2D eigenvalue weighted by Crippen LogP contribution is -2.40. The van der Waals surface area contributed by atoms with E-state index in [0.29, 0.717) is 13.1 Å². The van der Waals surface area contributed by atoms with Gasteiger partial charge in [-0.05, 0) is 25.8 Å². The van der Waals surface area contributed by atoms with Gasteiger partial charge >= 0.3 is 0 Å². The second kappa shape index (κ2) is 7.63. The molecule has 94 valence electrons. The molecule has 4 heteroatoms. The number of likely N-dealkylation sites (tertiary alicyclic amines) is 1. The highest BCUT2D eigenvalue weighted by Crippen LogP contribution is 2.08. The van der Waals surface area contributed by atoms with Crippen LogP contribution in [-0.2, 0) is 4.79 Å². The van der Waals surface area contributed by atoms with Gasteiger partial charge in [0.2, 0.25) is 5.91 Å². The van der Waals surface area contributed by atoms with Gasteiger partial charge in [-0.1, -0.05) is 13.3 Å². The Kier molecular flexibility index (Phi) is 6.42. The molecule has 0 spiro atoms. The van der Waals surface area contributed by atoms with E-state index >= 15 is 0 Å². The fourth-order valence-electron chi connectivity index (χ4n) is 2.05. The van der Waals surface area contributed by atoms with Crippen LogP contribution >= 0.6 is 0 Å². The molecule has 4 nitrogen and oxygen atoms in total. The van der Waals surface area contributed by atoms with Gasteiger partial charge < -0.3 is 10.0 Å². The maximum Gasteiger partial charge on any atom is 0.236 e. The number of nitrogens with zero attached hydrogens (tertiary/aromatic N) is 2. The molecule has 0 aromatic rings. The third-order valence-electron chi connectivity index (χ3n) is 3.06. The van der Waals surface area contributed by atoms with Crippen molar-refractivity contribution < 1.29 is 9.90 Å². The number of amides is 1. The normalized spacial score (nSPS) is 16.1. The lowest BCUT2D eigenvalue weighted by molar-refractivity contribution is -0.131. The molecule has 1 rings (SSSR count). The molecule has 1 amide bonds. The largest absolute Gasteiger partial charge is 0.395 e. The molecule has 0 atom stereocenters. The summed E-state index contributed by atoms with van der Waals surface area (Å²) in [7, 11) is 0. The molecule has 1 saturated heterocycles. The standard InChI is InChI=1S/C12H24N2O2/c1-2-3-6-13(9-10-15)11-12(16)14-7-4-5-8-14/h15H,2-11H2,1H3. The van der Waals surface area contributed by atoms with Gasteiger partial charge in [0.1, 0.15) is 0 Å². The first-order valence-corrected chi connectivity index (χ1v) is 6.39. The fraction of sp³-hybridized carbons (Fsp3) is 0.917. The van der Waals surface area contributed by atoms with Crippen LogP contribution in [-0.4, -0.2) is 60.1 Å². The molecule has 1 N–H and O–H groups in total. The molecule has 16 heavy (non-hydrogen) atoms. The topological polar surface area (TPSA) is 43.8 Å². The fourth-order valence-corrected chi connectivity index (χ4v) is 2.05. The molecule has 0 saturated carbocycles. The molecule has 0 bridgehead atoms. The van der Waals surface area contributed by atoms with Gasteiger partial charge in [-0.15, -0.1) is 0 Å². The molecule has 1 aliphatic heterocycles. The predicted molar refractivity (Wildman–Crippen MR) is 64.2 cm³/mol. The minimum atomic E-state index is 0.136. The Balaban J connectivity index is 2.30. The van der Waals surface area contributed by atoms with E-state index in [0.717, 1.165) is 45.3 Å². The Bertz CT molecular complexity index is 203. The Morgan fingerprint density at radius 2 is 2.00 bits per heavy atom. The lowest BCUT2D eigenvalue weighted by atomic mass is 10.3. The highest BCUT2D eigenvalue weighted by Gasteiger charge is 2.19. The van der Waals surface area contributed by atoms with E-state index in [1.807, 2.05) is 4.90 Å². The zero-order valence-corrected chi connectivity index (χ0v) is 10.3. The number of hydrogen-bond acceptors (Lipinski definition) is 3. The summed E-state index contributed by atoms with van der Waals surface area (Å²) in [6, 6.07) is 0. The van der Waals surface area contributed by atoms with Gasteiger partial charge in [0.25, 0.3) is 0 Å². The number of hydrogen-bond donors (Lipinski definition) is 1.